The zero-order valence-electron chi connectivity index (χ0n) is 11.9. The first-order valence-corrected chi connectivity index (χ1v) is 7.14. The summed E-state index contributed by atoms with van der Waals surface area (Å²) >= 11 is 6.04. The van der Waals surface area contributed by atoms with E-state index in [-0.39, 0.29) is 41.0 Å². The molecule has 0 unspecified atom stereocenters. The van der Waals surface area contributed by atoms with Crippen LogP contribution in [0.3, 0.4) is 0 Å². The van der Waals surface area contributed by atoms with Crippen molar-refractivity contribution in [1.82, 2.24) is 0 Å². The number of fused-ring (bicyclic) bond motifs is 1. The van der Waals surface area contributed by atoms with Gasteiger partial charge in [-0.3, -0.25) is 0 Å². The molecule has 0 bridgehead atoms. The van der Waals surface area contributed by atoms with Crippen LogP contribution in [0.15, 0.2) is 12.1 Å². The molecule has 0 amide bonds. The number of hydrogen-bond acceptors (Lipinski definition) is 5. The van der Waals surface area contributed by atoms with Gasteiger partial charge in [0.15, 0.2) is 0 Å². The molecule has 0 fully saturated rings. The number of rotatable bonds is 4. The van der Waals surface area contributed by atoms with Crippen LogP contribution in [0.25, 0.3) is 0 Å². The highest BCUT2D eigenvalue weighted by Gasteiger charge is 2.38. The maximum Gasteiger partial charge on any atom is 0.526 e. The average molecular weight is 311 g/mol. The summed E-state index contributed by atoms with van der Waals surface area (Å²) < 4.78 is 10.4. The second kappa shape index (κ2) is 6.49. The summed E-state index contributed by atoms with van der Waals surface area (Å²) in [5.74, 6) is -0.693. The molecule has 0 aliphatic carbocycles. The lowest BCUT2D eigenvalue weighted by Crippen LogP contribution is -2.35. The van der Waals surface area contributed by atoms with Gasteiger partial charge in [0, 0.05) is 12.2 Å². The number of ketones is 1. The van der Waals surface area contributed by atoms with Crippen molar-refractivity contribution in [1.29, 1.82) is 0 Å². The number of carbonyl (C=O) groups excluding carboxylic acids is 2. The van der Waals surface area contributed by atoms with Crippen molar-refractivity contribution in [2.75, 3.05) is 6.61 Å². The molecule has 1 aliphatic rings. The van der Waals surface area contributed by atoms with Crippen LogP contribution in [-0.2, 0) is 16.0 Å². The molecule has 0 radical (unpaired) electrons. The number of benzene rings is 1. The summed E-state index contributed by atoms with van der Waals surface area (Å²) in [6.45, 7) is 3.38. The molecular weight excluding hydrogens is 294 g/mol. The van der Waals surface area contributed by atoms with Gasteiger partial charge in [-0.05, 0) is 31.9 Å². The van der Waals surface area contributed by atoms with Gasteiger partial charge in [-0.15, -0.1) is 0 Å². The molecule has 1 atom stereocenters. The summed E-state index contributed by atoms with van der Waals surface area (Å²) in [6.07, 6.45) is 0.664. The van der Waals surface area contributed by atoms with Crippen LogP contribution in [0.4, 0.5) is 0 Å². The van der Waals surface area contributed by atoms with Gasteiger partial charge in [0.05, 0.1) is 11.6 Å². The van der Waals surface area contributed by atoms with Gasteiger partial charge in [0.2, 0.25) is 0 Å². The highest BCUT2D eigenvalue weighted by atomic mass is 35.5. The van der Waals surface area contributed by atoms with E-state index in [1.54, 1.807) is 19.1 Å². The molecule has 5 nitrogen and oxygen atoms in total. The normalized spacial score (nSPS) is 17.0. The Morgan fingerprint density at radius 1 is 1.52 bits per heavy atom. The average Bonchev–Trinajstić information content (AvgIpc) is 2.39. The second-order valence-electron chi connectivity index (χ2n) is 5.01. The number of ether oxygens (including phenoxy) is 1. The molecular formula is C14H16BClO5. The predicted molar refractivity (Wildman–Crippen MR) is 78.8 cm³/mol. The minimum atomic E-state index is -1.15. The minimum absolute atomic E-state index is 0.0225. The molecule has 2 rings (SSSR count). The van der Waals surface area contributed by atoms with Crippen LogP contribution in [-0.4, -0.2) is 30.5 Å². The number of carbonyl (C=O) groups is 2. The summed E-state index contributed by atoms with van der Waals surface area (Å²) in [6, 6.07) is 3.33. The number of halogens is 1. The predicted octanol–water partition coefficient (Wildman–Crippen LogP) is 2.28. The molecule has 1 aromatic rings. The zero-order chi connectivity index (χ0) is 15.6. The molecule has 1 aliphatic heterocycles. The van der Waals surface area contributed by atoms with Crippen molar-refractivity contribution in [3.8, 4) is 5.75 Å². The Balaban J connectivity index is 2.37. The lowest BCUT2D eigenvalue weighted by molar-refractivity contribution is -0.117. The number of hydrogen-bond donors (Lipinski definition) is 1. The Labute approximate surface area is 128 Å². The first kappa shape index (κ1) is 15.9. The van der Waals surface area contributed by atoms with E-state index in [0.717, 1.165) is 5.56 Å². The van der Waals surface area contributed by atoms with Crippen molar-refractivity contribution >= 4 is 30.5 Å². The molecule has 0 saturated carbocycles. The lowest BCUT2D eigenvalue weighted by atomic mass is 9.64. The van der Waals surface area contributed by atoms with Gasteiger partial charge in [-0.25, -0.2) is 4.79 Å². The Bertz CT molecular complexity index is 575. The van der Waals surface area contributed by atoms with E-state index in [2.05, 4.69) is 0 Å². The quantitative estimate of drug-likeness (QED) is 0.682. The molecule has 1 N–H and O–H groups in total. The monoisotopic (exact) mass is 310 g/mol. The largest absolute Gasteiger partial charge is 0.535 e. The Hall–Kier alpha value is -1.53. The summed E-state index contributed by atoms with van der Waals surface area (Å²) in [5.41, 5.74) is 0.857. The molecule has 112 valence electrons. The minimum Gasteiger partial charge on any atom is -0.535 e. The van der Waals surface area contributed by atoms with Crippen LogP contribution >= 0.6 is 11.6 Å². The van der Waals surface area contributed by atoms with Crippen LogP contribution in [0, 0.1) is 0 Å². The van der Waals surface area contributed by atoms with Crippen molar-refractivity contribution in [2.24, 2.45) is 0 Å². The van der Waals surface area contributed by atoms with Crippen molar-refractivity contribution < 1.29 is 24.0 Å². The smallest absolute Gasteiger partial charge is 0.526 e. The molecule has 0 saturated heterocycles. The molecule has 1 aromatic carbocycles. The topological polar surface area (TPSA) is 72.8 Å². The Morgan fingerprint density at radius 3 is 2.86 bits per heavy atom. The van der Waals surface area contributed by atoms with E-state index < -0.39 is 13.1 Å². The first-order valence-electron chi connectivity index (χ1n) is 6.76. The van der Waals surface area contributed by atoms with E-state index in [1.165, 1.54) is 6.92 Å². The van der Waals surface area contributed by atoms with Gasteiger partial charge in [0.1, 0.15) is 17.1 Å². The summed E-state index contributed by atoms with van der Waals surface area (Å²) in [5, 5.41) is 10.2. The molecule has 21 heavy (non-hydrogen) atoms. The summed E-state index contributed by atoms with van der Waals surface area (Å²) in [4.78, 5) is 23.2. The maximum atomic E-state index is 12.0. The fourth-order valence-electron chi connectivity index (χ4n) is 2.43. The van der Waals surface area contributed by atoms with Gasteiger partial charge in [0.25, 0.3) is 0 Å². The van der Waals surface area contributed by atoms with Gasteiger partial charge < -0.3 is 19.2 Å². The molecule has 1 heterocycles. The van der Waals surface area contributed by atoms with Crippen LogP contribution in [0.5, 0.6) is 5.75 Å². The fraction of sp³-hybridized carbons (Fsp3) is 0.429. The van der Waals surface area contributed by atoms with Crippen LogP contribution in [0.2, 0.25) is 10.8 Å². The van der Waals surface area contributed by atoms with Crippen molar-refractivity contribution in [3.63, 3.8) is 0 Å². The highest BCUT2D eigenvalue weighted by Crippen LogP contribution is 2.39. The summed E-state index contributed by atoms with van der Waals surface area (Å²) in [7, 11) is -1.15. The van der Waals surface area contributed by atoms with E-state index in [0.29, 0.717) is 6.42 Å². The zero-order valence-corrected chi connectivity index (χ0v) is 12.6. The Kier molecular flexibility index (Phi) is 4.90. The SMILES string of the molecule is CCOC(=O)c1c(Cl)ccc2c1OB(O)[C@@H](CC(C)=O)C2. The lowest BCUT2D eigenvalue weighted by Gasteiger charge is -2.28. The van der Waals surface area contributed by atoms with Gasteiger partial charge in [-0.2, -0.15) is 0 Å². The number of Topliss-reactive ketones (excluding diaryl/α,β-unsaturated/α-hetero) is 1. The first-order chi connectivity index (χ1) is 9.93. The molecule has 7 heteroatoms. The third-order valence-corrected chi connectivity index (χ3v) is 3.66. The van der Waals surface area contributed by atoms with E-state index in [9.17, 15) is 14.6 Å². The van der Waals surface area contributed by atoms with Crippen LogP contribution < -0.4 is 4.65 Å². The number of esters is 1. The van der Waals surface area contributed by atoms with E-state index >= 15 is 0 Å². The molecule has 0 spiro atoms. The fourth-order valence-corrected chi connectivity index (χ4v) is 2.66. The third-order valence-electron chi connectivity index (χ3n) is 3.34. The highest BCUT2D eigenvalue weighted by molar-refractivity contribution is 6.47. The van der Waals surface area contributed by atoms with Crippen molar-refractivity contribution in [3.05, 3.63) is 28.3 Å². The molecule has 0 aromatic heterocycles. The third kappa shape index (κ3) is 3.39. The van der Waals surface area contributed by atoms with Crippen LogP contribution in [0.1, 0.15) is 36.2 Å². The van der Waals surface area contributed by atoms with E-state index in [1.807, 2.05) is 0 Å². The van der Waals surface area contributed by atoms with E-state index in [4.69, 9.17) is 21.0 Å². The van der Waals surface area contributed by atoms with Gasteiger partial charge in [-0.1, -0.05) is 17.7 Å². The standard InChI is InChI=1S/C14H16BClO5/c1-3-20-14(18)12-11(16)5-4-9-7-10(6-8(2)17)15(19)21-13(9)12/h4-5,10,19H,3,6-7H2,1-2H3/t10-/m0/s1. The maximum absolute atomic E-state index is 12.0. The second-order valence-corrected chi connectivity index (χ2v) is 5.42. The van der Waals surface area contributed by atoms with Gasteiger partial charge >= 0.3 is 13.1 Å². The van der Waals surface area contributed by atoms with Crippen molar-refractivity contribution in [2.45, 2.75) is 32.5 Å². The Morgan fingerprint density at radius 2 is 2.24 bits per heavy atom.